The third-order valence-electron chi connectivity index (χ3n) is 4.20. The number of likely N-dealkylation sites (N-methyl/N-ethyl adjacent to an activating group) is 1. The van der Waals surface area contributed by atoms with E-state index in [2.05, 4.69) is 10.6 Å². The standard InChI is InChI=1S/C20H23Cl2N3O3/c1-25(2)17(15-6-4-5-7-18(15)28-3)11-23-19(26)12-24-20(27)14-9-8-13(21)10-16(14)22/h4-10,17H,11-12H2,1-3H3,(H,23,26)(H,24,27). The molecule has 2 aromatic carbocycles. The molecular formula is C20H23Cl2N3O3. The summed E-state index contributed by atoms with van der Waals surface area (Å²) < 4.78 is 5.41. The number of para-hydroxylation sites is 1. The first kappa shape index (κ1) is 22.0. The zero-order valence-electron chi connectivity index (χ0n) is 16.0. The molecule has 0 heterocycles. The molecule has 6 nitrogen and oxygen atoms in total. The van der Waals surface area contributed by atoms with E-state index in [1.165, 1.54) is 12.1 Å². The van der Waals surface area contributed by atoms with Crippen LogP contribution in [0.1, 0.15) is 22.0 Å². The number of hydrogen-bond donors (Lipinski definition) is 2. The van der Waals surface area contributed by atoms with Gasteiger partial charge in [0.05, 0.1) is 30.3 Å². The highest BCUT2D eigenvalue weighted by molar-refractivity contribution is 6.36. The largest absolute Gasteiger partial charge is 0.496 e. The van der Waals surface area contributed by atoms with Crippen LogP contribution in [0.3, 0.4) is 0 Å². The molecule has 0 radical (unpaired) electrons. The van der Waals surface area contributed by atoms with Gasteiger partial charge in [0.2, 0.25) is 5.91 Å². The fourth-order valence-electron chi connectivity index (χ4n) is 2.71. The quantitative estimate of drug-likeness (QED) is 0.683. The lowest BCUT2D eigenvalue weighted by Gasteiger charge is -2.26. The van der Waals surface area contributed by atoms with Gasteiger partial charge < -0.3 is 20.3 Å². The van der Waals surface area contributed by atoms with E-state index in [-0.39, 0.29) is 29.1 Å². The van der Waals surface area contributed by atoms with Crippen LogP contribution in [-0.4, -0.2) is 51.0 Å². The number of hydrogen-bond acceptors (Lipinski definition) is 4. The Morgan fingerprint density at radius 1 is 1.11 bits per heavy atom. The molecule has 0 aliphatic rings. The number of benzene rings is 2. The van der Waals surface area contributed by atoms with Gasteiger partial charge in [-0.2, -0.15) is 0 Å². The SMILES string of the molecule is COc1ccccc1C(CNC(=O)CNC(=O)c1ccc(Cl)cc1Cl)N(C)C. The highest BCUT2D eigenvalue weighted by Crippen LogP contribution is 2.27. The average Bonchev–Trinajstić information content (AvgIpc) is 2.66. The predicted octanol–water partition coefficient (Wildman–Crippen LogP) is 3.15. The van der Waals surface area contributed by atoms with E-state index in [0.29, 0.717) is 11.6 Å². The average molecular weight is 424 g/mol. The maximum absolute atomic E-state index is 12.2. The van der Waals surface area contributed by atoms with E-state index >= 15 is 0 Å². The van der Waals surface area contributed by atoms with E-state index in [9.17, 15) is 9.59 Å². The molecule has 2 rings (SSSR count). The van der Waals surface area contributed by atoms with Crippen LogP contribution < -0.4 is 15.4 Å². The first-order valence-corrected chi connectivity index (χ1v) is 9.38. The summed E-state index contributed by atoms with van der Waals surface area (Å²) in [6.45, 7) is 0.202. The Morgan fingerprint density at radius 3 is 2.46 bits per heavy atom. The number of nitrogens with one attached hydrogen (secondary N) is 2. The number of carbonyl (C=O) groups excluding carboxylic acids is 2. The van der Waals surface area contributed by atoms with Crippen LogP contribution in [0.5, 0.6) is 5.75 Å². The number of methoxy groups -OCH3 is 1. The van der Waals surface area contributed by atoms with Gasteiger partial charge in [-0.1, -0.05) is 41.4 Å². The van der Waals surface area contributed by atoms with Gasteiger partial charge >= 0.3 is 0 Å². The van der Waals surface area contributed by atoms with Crippen molar-refractivity contribution in [3.05, 3.63) is 63.6 Å². The van der Waals surface area contributed by atoms with E-state index in [4.69, 9.17) is 27.9 Å². The summed E-state index contributed by atoms with van der Waals surface area (Å²) in [6.07, 6.45) is 0. The first-order valence-electron chi connectivity index (χ1n) is 8.62. The Hall–Kier alpha value is -2.28. The zero-order chi connectivity index (χ0) is 20.7. The van der Waals surface area contributed by atoms with Crippen molar-refractivity contribution < 1.29 is 14.3 Å². The smallest absolute Gasteiger partial charge is 0.253 e. The van der Waals surface area contributed by atoms with Crippen LogP contribution in [0.2, 0.25) is 10.0 Å². The third kappa shape index (κ3) is 5.86. The van der Waals surface area contributed by atoms with Gasteiger partial charge in [0, 0.05) is 17.1 Å². The lowest BCUT2D eigenvalue weighted by atomic mass is 10.0. The lowest BCUT2D eigenvalue weighted by molar-refractivity contribution is -0.120. The number of nitrogens with zero attached hydrogens (tertiary/aromatic N) is 1. The minimum Gasteiger partial charge on any atom is -0.496 e. The molecule has 150 valence electrons. The zero-order valence-corrected chi connectivity index (χ0v) is 17.5. The van der Waals surface area contributed by atoms with E-state index < -0.39 is 5.91 Å². The molecule has 2 N–H and O–H groups in total. The second-order valence-electron chi connectivity index (χ2n) is 6.33. The van der Waals surface area contributed by atoms with Crippen molar-refractivity contribution in [3.63, 3.8) is 0 Å². The van der Waals surface area contributed by atoms with E-state index in [0.717, 1.165) is 11.3 Å². The molecule has 2 aromatic rings. The van der Waals surface area contributed by atoms with E-state index in [1.807, 2.05) is 43.3 Å². The van der Waals surface area contributed by atoms with Crippen LogP contribution in [0.25, 0.3) is 0 Å². The molecule has 0 fully saturated rings. The summed E-state index contributed by atoms with van der Waals surface area (Å²) >= 11 is 11.8. The molecule has 8 heteroatoms. The number of ether oxygens (including phenoxy) is 1. The Kier molecular flexibility index (Phi) is 8.11. The van der Waals surface area contributed by atoms with Gasteiger partial charge in [0.25, 0.3) is 5.91 Å². The van der Waals surface area contributed by atoms with Crippen molar-refractivity contribution in [2.24, 2.45) is 0 Å². The maximum Gasteiger partial charge on any atom is 0.253 e. The molecule has 0 spiro atoms. The Morgan fingerprint density at radius 2 is 1.82 bits per heavy atom. The van der Waals surface area contributed by atoms with Crippen molar-refractivity contribution in [3.8, 4) is 5.75 Å². The van der Waals surface area contributed by atoms with Gasteiger partial charge in [-0.15, -0.1) is 0 Å². The number of rotatable bonds is 8. The van der Waals surface area contributed by atoms with Crippen LogP contribution in [0.4, 0.5) is 0 Å². The van der Waals surface area contributed by atoms with Crippen LogP contribution in [0.15, 0.2) is 42.5 Å². The summed E-state index contributed by atoms with van der Waals surface area (Å²) in [5.74, 6) is 0.00650. The molecule has 0 bridgehead atoms. The minimum atomic E-state index is -0.439. The number of halogens is 2. The number of carbonyl (C=O) groups is 2. The third-order valence-corrected chi connectivity index (χ3v) is 4.75. The van der Waals surface area contributed by atoms with Gasteiger partial charge in [-0.3, -0.25) is 9.59 Å². The topological polar surface area (TPSA) is 70.7 Å². The van der Waals surface area contributed by atoms with Gasteiger partial charge in [0.15, 0.2) is 0 Å². The molecule has 0 saturated heterocycles. The van der Waals surface area contributed by atoms with Crippen LogP contribution in [0, 0.1) is 0 Å². The molecule has 2 amide bonds. The second-order valence-corrected chi connectivity index (χ2v) is 7.18. The summed E-state index contributed by atoms with van der Waals surface area (Å²) in [5, 5.41) is 6.06. The van der Waals surface area contributed by atoms with Crippen molar-refractivity contribution >= 4 is 35.0 Å². The molecular weight excluding hydrogens is 401 g/mol. The van der Waals surface area contributed by atoms with Gasteiger partial charge in [-0.25, -0.2) is 0 Å². The van der Waals surface area contributed by atoms with Crippen molar-refractivity contribution in [2.75, 3.05) is 34.3 Å². The van der Waals surface area contributed by atoms with Crippen LogP contribution in [-0.2, 0) is 4.79 Å². The monoisotopic (exact) mass is 423 g/mol. The summed E-state index contributed by atoms with van der Waals surface area (Å²) in [5.41, 5.74) is 1.23. The van der Waals surface area contributed by atoms with Crippen molar-refractivity contribution in [2.45, 2.75) is 6.04 Å². The summed E-state index contributed by atoms with van der Waals surface area (Å²) in [6, 6.07) is 12.1. The minimum absolute atomic E-state index is 0.0819. The molecule has 28 heavy (non-hydrogen) atoms. The maximum atomic E-state index is 12.2. The fourth-order valence-corrected chi connectivity index (χ4v) is 3.21. The fraction of sp³-hybridized carbons (Fsp3) is 0.300. The Labute approximate surface area is 174 Å². The first-order chi connectivity index (χ1) is 13.3. The van der Waals surface area contributed by atoms with Crippen molar-refractivity contribution in [1.29, 1.82) is 0 Å². The van der Waals surface area contributed by atoms with Gasteiger partial charge in [-0.05, 0) is 38.4 Å². The molecule has 0 aromatic heterocycles. The summed E-state index contributed by atoms with van der Waals surface area (Å²) in [7, 11) is 5.46. The molecule has 1 atom stereocenters. The van der Waals surface area contributed by atoms with E-state index in [1.54, 1.807) is 13.2 Å². The second kappa shape index (κ2) is 10.3. The predicted molar refractivity (Wildman–Crippen MR) is 111 cm³/mol. The normalized spacial score (nSPS) is 11.8. The van der Waals surface area contributed by atoms with Gasteiger partial charge in [0.1, 0.15) is 5.75 Å². The Balaban J connectivity index is 1.93. The molecule has 0 saturated carbocycles. The van der Waals surface area contributed by atoms with Crippen LogP contribution >= 0.6 is 23.2 Å². The highest BCUT2D eigenvalue weighted by Gasteiger charge is 2.19. The number of amides is 2. The lowest BCUT2D eigenvalue weighted by Crippen LogP contribution is -2.40. The Bertz CT molecular complexity index is 843. The molecule has 1 unspecified atom stereocenters. The molecule has 0 aliphatic carbocycles. The molecule has 0 aliphatic heterocycles. The van der Waals surface area contributed by atoms with Crippen molar-refractivity contribution in [1.82, 2.24) is 15.5 Å². The highest BCUT2D eigenvalue weighted by atomic mass is 35.5. The summed E-state index contributed by atoms with van der Waals surface area (Å²) in [4.78, 5) is 26.4.